The van der Waals surface area contributed by atoms with Crippen LogP contribution in [0.3, 0.4) is 0 Å². The summed E-state index contributed by atoms with van der Waals surface area (Å²) in [5.74, 6) is 2.44. The van der Waals surface area contributed by atoms with E-state index in [1.54, 1.807) is 0 Å². The number of hydrogen-bond acceptors (Lipinski definition) is 5. The minimum absolute atomic E-state index is 0.570. The van der Waals surface area contributed by atoms with Crippen molar-refractivity contribution in [3.8, 4) is 73.6 Å². The predicted molar refractivity (Wildman–Crippen MR) is 240 cm³/mol. The molecule has 276 valence electrons. The van der Waals surface area contributed by atoms with Gasteiger partial charge in [-0.2, -0.15) is 0 Å². The molecule has 6 heteroatoms. The lowest BCUT2D eigenvalue weighted by Gasteiger charge is -2.17. The summed E-state index contributed by atoms with van der Waals surface area (Å²) in [6.07, 6.45) is 0. The van der Waals surface area contributed by atoms with Crippen LogP contribution in [-0.2, 0) is 0 Å². The largest absolute Gasteiger partial charge is 0.309 e. The van der Waals surface area contributed by atoms with E-state index in [1.165, 1.54) is 21.9 Å². The van der Waals surface area contributed by atoms with Gasteiger partial charge < -0.3 is 4.57 Å². The van der Waals surface area contributed by atoms with Gasteiger partial charge in [0.25, 0.3) is 0 Å². The van der Waals surface area contributed by atoms with E-state index in [0.717, 1.165) is 61.1 Å². The van der Waals surface area contributed by atoms with E-state index in [1.807, 2.05) is 84.9 Å². The second-order valence-corrected chi connectivity index (χ2v) is 14.5. The Labute approximate surface area is 340 Å². The lowest BCUT2D eigenvalue weighted by Crippen LogP contribution is -2.03. The minimum atomic E-state index is 0.570. The normalized spacial score (nSPS) is 11.4. The van der Waals surface area contributed by atoms with Crippen molar-refractivity contribution in [2.75, 3.05) is 0 Å². The highest BCUT2D eigenvalue weighted by Crippen LogP contribution is 2.42. The second-order valence-electron chi connectivity index (χ2n) is 14.5. The molecule has 11 rings (SSSR count). The van der Waals surface area contributed by atoms with E-state index >= 15 is 0 Å². The van der Waals surface area contributed by atoms with Crippen LogP contribution in [0, 0.1) is 0 Å². The summed E-state index contributed by atoms with van der Waals surface area (Å²) in [4.78, 5) is 25.8. The van der Waals surface area contributed by atoms with Crippen LogP contribution in [0.15, 0.2) is 206 Å². The first-order valence-corrected chi connectivity index (χ1v) is 19.7. The Morgan fingerprint density at radius 3 is 1.42 bits per heavy atom. The number of rotatable bonds is 7. The molecule has 59 heavy (non-hydrogen) atoms. The summed E-state index contributed by atoms with van der Waals surface area (Å²) in [6, 6.07) is 71.0. The third kappa shape index (κ3) is 6.11. The zero-order valence-corrected chi connectivity index (χ0v) is 31.8. The van der Waals surface area contributed by atoms with E-state index in [0.29, 0.717) is 23.3 Å². The minimum Gasteiger partial charge on any atom is -0.309 e. The fourth-order valence-corrected chi connectivity index (χ4v) is 8.13. The zero-order valence-electron chi connectivity index (χ0n) is 31.8. The predicted octanol–water partition coefficient (Wildman–Crippen LogP) is 12.9. The highest BCUT2D eigenvalue weighted by atomic mass is 15.0. The molecule has 8 aromatic carbocycles. The summed E-state index contributed by atoms with van der Waals surface area (Å²) in [6.45, 7) is 0. The van der Waals surface area contributed by atoms with Crippen molar-refractivity contribution in [3.63, 3.8) is 0 Å². The van der Waals surface area contributed by atoms with Crippen molar-refractivity contribution < 1.29 is 0 Å². The smallest absolute Gasteiger partial charge is 0.164 e. The van der Waals surface area contributed by atoms with Crippen LogP contribution >= 0.6 is 0 Å². The Morgan fingerprint density at radius 1 is 0.305 bits per heavy atom. The number of fused-ring (bicyclic) bond motifs is 4. The van der Waals surface area contributed by atoms with Gasteiger partial charge in [-0.3, -0.25) is 0 Å². The van der Waals surface area contributed by atoms with Gasteiger partial charge in [-0.05, 0) is 47.5 Å². The van der Waals surface area contributed by atoms with Gasteiger partial charge in [0.2, 0.25) is 0 Å². The molecule has 0 fully saturated rings. The maximum absolute atomic E-state index is 5.42. The molecular formula is C53H34N6. The van der Waals surface area contributed by atoms with E-state index in [2.05, 4.69) is 126 Å². The third-order valence-corrected chi connectivity index (χ3v) is 10.9. The maximum atomic E-state index is 5.42. The Bertz CT molecular complexity index is 3250. The van der Waals surface area contributed by atoms with Gasteiger partial charge in [0.15, 0.2) is 23.3 Å². The fraction of sp³-hybridized carbons (Fsp3) is 0. The number of aromatic nitrogens is 6. The topological polar surface area (TPSA) is 69.4 Å². The summed E-state index contributed by atoms with van der Waals surface area (Å²) < 4.78 is 2.38. The van der Waals surface area contributed by atoms with Crippen LogP contribution in [0.25, 0.3) is 106 Å². The van der Waals surface area contributed by atoms with E-state index < -0.39 is 0 Å². The van der Waals surface area contributed by atoms with Crippen molar-refractivity contribution in [2.24, 2.45) is 0 Å². The lowest BCUT2D eigenvalue weighted by atomic mass is 9.99. The van der Waals surface area contributed by atoms with Crippen molar-refractivity contribution >= 4 is 32.7 Å². The Balaban J connectivity index is 1.23. The van der Waals surface area contributed by atoms with Crippen molar-refractivity contribution in [3.05, 3.63) is 206 Å². The average Bonchev–Trinajstić information content (AvgIpc) is 3.66. The van der Waals surface area contributed by atoms with Crippen LogP contribution in [0.5, 0.6) is 0 Å². The fourth-order valence-electron chi connectivity index (χ4n) is 8.13. The van der Waals surface area contributed by atoms with Crippen LogP contribution in [0.2, 0.25) is 0 Å². The number of benzene rings is 8. The first-order chi connectivity index (χ1) is 29.3. The van der Waals surface area contributed by atoms with Crippen LogP contribution in [-0.4, -0.2) is 29.5 Å². The van der Waals surface area contributed by atoms with Gasteiger partial charge in [0, 0.05) is 44.0 Å². The molecule has 0 aliphatic carbocycles. The molecule has 0 atom stereocenters. The van der Waals surface area contributed by atoms with Gasteiger partial charge in [0.1, 0.15) is 0 Å². The molecule has 0 bridgehead atoms. The van der Waals surface area contributed by atoms with E-state index in [-0.39, 0.29) is 0 Å². The van der Waals surface area contributed by atoms with Gasteiger partial charge in [-0.1, -0.05) is 170 Å². The van der Waals surface area contributed by atoms with E-state index in [9.17, 15) is 0 Å². The number of para-hydroxylation sites is 2. The van der Waals surface area contributed by atoms with Crippen LogP contribution < -0.4 is 0 Å². The van der Waals surface area contributed by atoms with Gasteiger partial charge in [0.05, 0.1) is 27.9 Å². The molecular weight excluding hydrogens is 721 g/mol. The molecule has 3 heterocycles. The van der Waals surface area contributed by atoms with Crippen molar-refractivity contribution in [1.29, 1.82) is 0 Å². The molecule has 0 saturated carbocycles. The molecule has 6 nitrogen and oxygen atoms in total. The van der Waals surface area contributed by atoms with Crippen molar-refractivity contribution in [2.45, 2.75) is 0 Å². The maximum Gasteiger partial charge on any atom is 0.164 e. The summed E-state index contributed by atoms with van der Waals surface area (Å²) in [5.41, 5.74) is 11.7. The Morgan fingerprint density at radius 2 is 0.797 bits per heavy atom. The van der Waals surface area contributed by atoms with Gasteiger partial charge in [-0.15, -0.1) is 0 Å². The molecule has 0 spiro atoms. The Hall–Kier alpha value is -8.09. The molecule has 11 aromatic rings. The second kappa shape index (κ2) is 14.4. The first-order valence-electron chi connectivity index (χ1n) is 19.7. The van der Waals surface area contributed by atoms with E-state index in [4.69, 9.17) is 24.9 Å². The molecule has 0 saturated heterocycles. The highest BCUT2D eigenvalue weighted by molar-refractivity contribution is 6.16. The number of nitrogens with zero attached hydrogens (tertiary/aromatic N) is 6. The summed E-state index contributed by atoms with van der Waals surface area (Å²) in [5, 5.41) is 3.31. The monoisotopic (exact) mass is 754 g/mol. The number of hydrogen-bond donors (Lipinski definition) is 0. The molecule has 0 aliphatic heterocycles. The summed E-state index contributed by atoms with van der Waals surface area (Å²) in [7, 11) is 0. The van der Waals surface area contributed by atoms with Gasteiger partial charge in [-0.25, -0.2) is 24.9 Å². The highest BCUT2D eigenvalue weighted by Gasteiger charge is 2.22. The average molecular weight is 755 g/mol. The standard InChI is InChI=1S/C53H34N6/c1-5-18-35(19-6-1)40-28-17-31-47-48(40)42-27-14-16-30-45(42)59(47)46-33-32-39(53-57-51(37-22-9-3-10-23-37)56-52(58-53)38-24-11-4-12-25-38)34-43(46)49-41-26-13-15-29-44(41)54-50(55-49)36-20-7-2-8-21-36/h1-34H. The molecule has 0 aliphatic rings. The first kappa shape index (κ1) is 34.2. The molecule has 3 aromatic heterocycles. The lowest BCUT2D eigenvalue weighted by molar-refractivity contribution is 1.07. The van der Waals surface area contributed by atoms with Crippen LogP contribution in [0.4, 0.5) is 0 Å². The molecule has 0 radical (unpaired) electrons. The summed E-state index contributed by atoms with van der Waals surface area (Å²) >= 11 is 0. The molecule has 0 N–H and O–H groups in total. The Kier molecular flexibility index (Phi) is 8.37. The van der Waals surface area contributed by atoms with Crippen LogP contribution in [0.1, 0.15) is 0 Å². The third-order valence-electron chi connectivity index (χ3n) is 10.9. The quantitative estimate of drug-likeness (QED) is 0.162. The SMILES string of the molecule is c1ccc(-c2nc(-c3ccccc3)nc(-c3ccc(-n4c5ccccc5c5c(-c6ccccc6)cccc54)c(-c4nc(-c5ccccc5)nc5ccccc45)c3)n2)cc1. The molecule has 0 amide bonds. The van der Waals surface area contributed by atoms with Crippen molar-refractivity contribution in [1.82, 2.24) is 29.5 Å². The zero-order chi connectivity index (χ0) is 39.1. The van der Waals surface area contributed by atoms with Gasteiger partial charge >= 0.3 is 0 Å². The molecule has 0 unspecified atom stereocenters.